The fourth-order valence-electron chi connectivity index (χ4n) is 1.99. The van der Waals surface area contributed by atoms with Gasteiger partial charge in [-0.1, -0.05) is 0 Å². The summed E-state index contributed by atoms with van der Waals surface area (Å²) in [6, 6.07) is 0. The maximum absolute atomic E-state index is 11.5. The highest BCUT2D eigenvalue weighted by Gasteiger charge is 2.22. The average molecular weight is 256 g/mol. The van der Waals surface area contributed by atoms with Crippen LogP contribution in [0, 0.1) is 11.3 Å². The fraction of sp³-hybridized carbons (Fsp3) is 0.833. The van der Waals surface area contributed by atoms with Crippen LogP contribution in [0.15, 0.2) is 0 Å². The molecular weight excluding hydrogens is 232 g/mol. The molecule has 1 aliphatic heterocycles. The van der Waals surface area contributed by atoms with Gasteiger partial charge in [0.1, 0.15) is 5.60 Å². The number of hydrogen-bond acceptors (Lipinski definition) is 3. The van der Waals surface area contributed by atoms with Crippen molar-refractivity contribution in [2.45, 2.75) is 39.2 Å². The van der Waals surface area contributed by atoms with E-state index in [1.165, 1.54) is 0 Å². The van der Waals surface area contributed by atoms with Crippen LogP contribution in [-0.4, -0.2) is 42.2 Å². The first-order chi connectivity index (χ1) is 8.28. The molecule has 6 nitrogen and oxygen atoms in total. The summed E-state index contributed by atoms with van der Waals surface area (Å²) in [5.41, 5.74) is 5.00. The summed E-state index contributed by atoms with van der Waals surface area (Å²) >= 11 is 0. The summed E-state index contributed by atoms with van der Waals surface area (Å²) in [5, 5.41) is 10.2. The topological polar surface area (TPSA) is 91.4 Å². The summed E-state index contributed by atoms with van der Waals surface area (Å²) in [6.07, 6.45) is 1.65. The van der Waals surface area contributed by atoms with Crippen molar-refractivity contribution in [3.8, 4) is 0 Å². The van der Waals surface area contributed by atoms with Crippen molar-refractivity contribution in [1.82, 2.24) is 10.2 Å². The molecule has 1 heterocycles. The average Bonchev–Trinajstić information content (AvgIpc) is 2.24. The second-order valence-corrected chi connectivity index (χ2v) is 5.72. The monoisotopic (exact) mass is 256 g/mol. The minimum atomic E-state index is -0.470. The number of carbonyl (C=O) groups excluding carboxylic acids is 1. The Bertz CT molecular complexity index is 312. The molecule has 104 valence electrons. The minimum absolute atomic E-state index is 0.108. The van der Waals surface area contributed by atoms with Crippen molar-refractivity contribution < 1.29 is 9.53 Å². The third kappa shape index (κ3) is 5.25. The number of ether oxygens (including phenoxy) is 1. The standard InChI is InChI=1S/C12H24N4O2/c1-12(2,3)18-11(17)15-7-9-5-4-6-16(8-9)10(13)14/h9H,4-8H2,1-3H3,(H3,13,14)(H,15,17). The Hall–Kier alpha value is -1.46. The van der Waals surface area contributed by atoms with Crippen molar-refractivity contribution in [3.05, 3.63) is 0 Å². The molecule has 0 radical (unpaired) electrons. The second-order valence-electron chi connectivity index (χ2n) is 5.72. The van der Waals surface area contributed by atoms with Gasteiger partial charge in [-0.25, -0.2) is 4.79 Å². The zero-order valence-corrected chi connectivity index (χ0v) is 11.5. The number of likely N-dealkylation sites (tertiary alicyclic amines) is 1. The summed E-state index contributed by atoms with van der Waals surface area (Å²) in [6.45, 7) is 7.64. The van der Waals surface area contributed by atoms with Gasteiger partial charge in [0.15, 0.2) is 5.96 Å². The number of rotatable bonds is 2. The number of nitrogens with one attached hydrogen (secondary N) is 2. The molecule has 6 heteroatoms. The third-order valence-corrected chi connectivity index (χ3v) is 2.79. The van der Waals surface area contributed by atoms with E-state index in [1.807, 2.05) is 25.7 Å². The molecule has 1 saturated heterocycles. The molecular formula is C12H24N4O2. The van der Waals surface area contributed by atoms with E-state index in [0.29, 0.717) is 12.5 Å². The van der Waals surface area contributed by atoms with Gasteiger partial charge < -0.3 is 20.7 Å². The predicted molar refractivity (Wildman–Crippen MR) is 70.4 cm³/mol. The van der Waals surface area contributed by atoms with Gasteiger partial charge >= 0.3 is 6.09 Å². The summed E-state index contributed by atoms with van der Waals surface area (Å²) in [7, 11) is 0. The van der Waals surface area contributed by atoms with Crippen LogP contribution >= 0.6 is 0 Å². The first-order valence-corrected chi connectivity index (χ1v) is 6.34. The zero-order valence-electron chi connectivity index (χ0n) is 11.5. The van der Waals surface area contributed by atoms with E-state index in [0.717, 1.165) is 25.9 Å². The maximum atomic E-state index is 11.5. The molecule has 0 aromatic rings. The minimum Gasteiger partial charge on any atom is -0.444 e. The number of amides is 1. The molecule has 4 N–H and O–H groups in total. The number of hydrogen-bond donors (Lipinski definition) is 3. The first kappa shape index (κ1) is 14.6. The van der Waals surface area contributed by atoms with E-state index in [-0.39, 0.29) is 12.1 Å². The molecule has 1 fully saturated rings. The van der Waals surface area contributed by atoms with Crippen LogP contribution in [0.1, 0.15) is 33.6 Å². The lowest BCUT2D eigenvalue weighted by Gasteiger charge is -2.33. The molecule has 18 heavy (non-hydrogen) atoms. The lowest BCUT2D eigenvalue weighted by atomic mass is 9.98. The Labute approximate surface area is 108 Å². The molecule has 1 rings (SSSR count). The highest BCUT2D eigenvalue weighted by molar-refractivity contribution is 5.74. The van der Waals surface area contributed by atoms with E-state index in [4.69, 9.17) is 15.9 Å². The van der Waals surface area contributed by atoms with Crippen LogP contribution in [0.4, 0.5) is 4.79 Å². The lowest BCUT2D eigenvalue weighted by Crippen LogP contribution is -2.46. The van der Waals surface area contributed by atoms with E-state index in [9.17, 15) is 4.79 Å². The highest BCUT2D eigenvalue weighted by Crippen LogP contribution is 2.15. The first-order valence-electron chi connectivity index (χ1n) is 6.34. The van der Waals surface area contributed by atoms with Crippen LogP contribution in [0.3, 0.4) is 0 Å². The van der Waals surface area contributed by atoms with Gasteiger partial charge in [-0.15, -0.1) is 0 Å². The van der Waals surface area contributed by atoms with Crippen molar-refractivity contribution in [2.24, 2.45) is 11.7 Å². The molecule has 1 aliphatic rings. The summed E-state index contributed by atoms with van der Waals surface area (Å²) < 4.78 is 5.17. The van der Waals surface area contributed by atoms with Gasteiger partial charge in [-0.05, 0) is 39.5 Å². The zero-order chi connectivity index (χ0) is 13.8. The van der Waals surface area contributed by atoms with E-state index in [1.54, 1.807) is 0 Å². The fourth-order valence-corrected chi connectivity index (χ4v) is 1.99. The van der Waals surface area contributed by atoms with Crippen molar-refractivity contribution in [3.63, 3.8) is 0 Å². The van der Waals surface area contributed by atoms with Crippen LogP contribution in [0.25, 0.3) is 0 Å². The Morgan fingerprint density at radius 3 is 2.78 bits per heavy atom. The number of alkyl carbamates (subject to hydrolysis) is 1. The molecule has 0 bridgehead atoms. The number of nitrogens with zero attached hydrogens (tertiary/aromatic N) is 1. The normalized spacial score (nSPS) is 20.4. The van der Waals surface area contributed by atoms with Crippen LogP contribution < -0.4 is 11.1 Å². The number of piperidine rings is 1. The third-order valence-electron chi connectivity index (χ3n) is 2.79. The van der Waals surface area contributed by atoms with Crippen LogP contribution in [0.5, 0.6) is 0 Å². The quantitative estimate of drug-likeness (QED) is 0.510. The molecule has 0 spiro atoms. The van der Waals surface area contributed by atoms with Crippen LogP contribution in [0.2, 0.25) is 0 Å². The van der Waals surface area contributed by atoms with Gasteiger partial charge in [-0.3, -0.25) is 5.41 Å². The van der Waals surface area contributed by atoms with Crippen molar-refractivity contribution in [1.29, 1.82) is 5.41 Å². The van der Waals surface area contributed by atoms with Crippen molar-refractivity contribution in [2.75, 3.05) is 19.6 Å². The molecule has 0 aromatic carbocycles. The molecule has 0 saturated carbocycles. The lowest BCUT2D eigenvalue weighted by molar-refractivity contribution is 0.0513. The molecule has 1 atom stereocenters. The Morgan fingerprint density at radius 2 is 2.22 bits per heavy atom. The van der Waals surface area contributed by atoms with E-state index >= 15 is 0 Å². The van der Waals surface area contributed by atoms with E-state index < -0.39 is 5.60 Å². The number of carbonyl (C=O) groups is 1. The second kappa shape index (κ2) is 5.93. The van der Waals surface area contributed by atoms with Gasteiger partial charge in [0, 0.05) is 19.6 Å². The molecule has 0 aromatic heterocycles. The summed E-state index contributed by atoms with van der Waals surface area (Å²) in [4.78, 5) is 13.3. The highest BCUT2D eigenvalue weighted by atomic mass is 16.6. The molecule has 1 amide bonds. The van der Waals surface area contributed by atoms with Crippen LogP contribution in [-0.2, 0) is 4.74 Å². The molecule has 0 aliphatic carbocycles. The Morgan fingerprint density at radius 1 is 1.56 bits per heavy atom. The van der Waals surface area contributed by atoms with Gasteiger partial charge in [0.25, 0.3) is 0 Å². The van der Waals surface area contributed by atoms with Crippen molar-refractivity contribution >= 4 is 12.1 Å². The smallest absolute Gasteiger partial charge is 0.407 e. The Balaban J connectivity index is 2.31. The molecule has 1 unspecified atom stereocenters. The maximum Gasteiger partial charge on any atom is 0.407 e. The van der Waals surface area contributed by atoms with Gasteiger partial charge in [0.2, 0.25) is 0 Å². The number of guanidine groups is 1. The number of nitrogens with two attached hydrogens (primary N) is 1. The van der Waals surface area contributed by atoms with Gasteiger partial charge in [0.05, 0.1) is 0 Å². The summed E-state index contributed by atoms with van der Waals surface area (Å²) in [5.74, 6) is 0.437. The Kier molecular flexibility index (Phi) is 4.81. The largest absolute Gasteiger partial charge is 0.444 e. The van der Waals surface area contributed by atoms with Gasteiger partial charge in [-0.2, -0.15) is 0 Å². The van der Waals surface area contributed by atoms with E-state index in [2.05, 4.69) is 5.32 Å². The predicted octanol–water partition coefficient (Wildman–Crippen LogP) is 1.12. The SMILES string of the molecule is CC(C)(C)OC(=O)NCC1CCCN(C(=N)N)C1.